The number of fused-ring (bicyclic) bond motifs is 1. The topological polar surface area (TPSA) is 73.9 Å². The van der Waals surface area contributed by atoms with Crippen molar-refractivity contribution in [2.75, 3.05) is 19.6 Å². The molecule has 1 amide bonds. The van der Waals surface area contributed by atoms with Gasteiger partial charge in [-0.2, -0.15) is 5.10 Å². The van der Waals surface area contributed by atoms with Gasteiger partial charge in [0.2, 0.25) is 5.91 Å². The van der Waals surface area contributed by atoms with Gasteiger partial charge in [0.15, 0.2) is 0 Å². The maximum absolute atomic E-state index is 12.6. The van der Waals surface area contributed by atoms with Gasteiger partial charge in [-0.05, 0) is 73.0 Å². The number of piperidine rings is 1. The number of benzene rings is 2. The van der Waals surface area contributed by atoms with E-state index >= 15 is 0 Å². The van der Waals surface area contributed by atoms with Crippen LogP contribution in [-0.4, -0.2) is 45.6 Å². The number of hydrogen-bond donors (Lipinski definition) is 2. The van der Waals surface area contributed by atoms with E-state index in [1.54, 1.807) is 0 Å². The van der Waals surface area contributed by atoms with Crippen LogP contribution >= 0.6 is 0 Å². The Balaban J connectivity index is 1.17. The van der Waals surface area contributed by atoms with Crippen molar-refractivity contribution >= 4 is 35.0 Å². The van der Waals surface area contributed by atoms with Crippen LogP contribution in [-0.2, 0) is 11.3 Å². The first-order valence-electron chi connectivity index (χ1n) is 13.1. The minimum absolute atomic E-state index is 0.00209. The van der Waals surface area contributed by atoms with Gasteiger partial charge in [0.25, 0.3) is 0 Å². The molecule has 6 nitrogen and oxygen atoms in total. The highest BCUT2D eigenvalue weighted by Gasteiger charge is 2.29. The summed E-state index contributed by atoms with van der Waals surface area (Å²) >= 11 is 0. The van der Waals surface area contributed by atoms with Gasteiger partial charge in [0.1, 0.15) is 0 Å². The summed E-state index contributed by atoms with van der Waals surface area (Å²) in [6, 6.07) is 20.6. The predicted octanol–water partition coefficient (Wildman–Crippen LogP) is 5.41. The molecule has 0 spiro atoms. The molecule has 0 saturated carbocycles. The molecule has 1 unspecified atom stereocenters. The normalized spacial score (nSPS) is 19.7. The average Bonchev–Trinajstić information content (AvgIpc) is 3.52. The van der Waals surface area contributed by atoms with Crippen LogP contribution in [0, 0.1) is 0 Å². The lowest BCUT2D eigenvalue weighted by Gasteiger charge is -2.25. The average molecular weight is 490 g/mol. The number of hydrogen-bond acceptors (Lipinski definition) is 4. The zero-order valence-electron chi connectivity index (χ0n) is 20.9. The molecule has 0 bridgehead atoms. The Bertz CT molecular complexity index is 1450. The number of carbonyl (C=O) groups excluding carboxylic acids is 1. The molecule has 186 valence electrons. The lowest BCUT2D eigenvalue weighted by molar-refractivity contribution is -0.116. The zero-order chi connectivity index (χ0) is 25.0. The number of rotatable bonds is 6. The first kappa shape index (κ1) is 23.4. The van der Waals surface area contributed by atoms with E-state index in [9.17, 15) is 4.79 Å². The molecule has 2 aliphatic heterocycles. The van der Waals surface area contributed by atoms with E-state index in [1.165, 1.54) is 32.4 Å². The Morgan fingerprint density at radius 3 is 2.59 bits per heavy atom. The van der Waals surface area contributed by atoms with E-state index in [1.807, 2.05) is 42.6 Å². The van der Waals surface area contributed by atoms with Crippen LogP contribution in [0.1, 0.15) is 53.3 Å². The fourth-order valence-corrected chi connectivity index (χ4v) is 5.32. The SMILES string of the molecule is O=C1NCC(c2ccccc2)/C1=C\c1ccc2c(/C=C/c3ccc(CN4CCCCC4)nc3)n[nH]c2c1. The number of likely N-dealkylation sites (tertiary alicyclic amines) is 1. The number of H-pyrrole nitrogens is 1. The van der Waals surface area contributed by atoms with E-state index in [0.717, 1.165) is 51.1 Å². The van der Waals surface area contributed by atoms with Crippen LogP contribution in [0.3, 0.4) is 0 Å². The second kappa shape index (κ2) is 10.5. The minimum atomic E-state index is -0.00209. The van der Waals surface area contributed by atoms with Gasteiger partial charge in [-0.3, -0.25) is 19.8 Å². The Hall–Kier alpha value is -4.03. The second-order valence-corrected chi connectivity index (χ2v) is 9.94. The molecule has 2 saturated heterocycles. The summed E-state index contributed by atoms with van der Waals surface area (Å²) in [5.74, 6) is 0.0576. The number of aromatic nitrogens is 3. The molecule has 6 heteroatoms. The molecule has 0 aliphatic carbocycles. The van der Waals surface area contributed by atoms with E-state index in [0.29, 0.717) is 6.54 Å². The highest BCUT2D eigenvalue weighted by atomic mass is 16.2. The molecular weight excluding hydrogens is 458 g/mol. The highest BCUT2D eigenvalue weighted by molar-refractivity contribution is 6.02. The summed E-state index contributed by atoms with van der Waals surface area (Å²) in [6.45, 7) is 3.91. The van der Waals surface area contributed by atoms with Gasteiger partial charge < -0.3 is 5.32 Å². The van der Waals surface area contributed by atoms with Crippen molar-refractivity contribution in [3.05, 3.63) is 101 Å². The number of aromatic amines is 1. The molecule has 2 N–H and O–H groups in total. The molecule has 4 heterocycles. The number of nitrogens with one attached hydrogen (secondary N) is 2. The van der Waals surface area contributed by atoms with E-state index in [4.69, 9.17) is 0 Å². The standard InChI is InChI=1S/C31H31N5O/c37-31-27(28(20-33-31)24-7-3-1-4-8-24)17-23-10-13-26-29(34-35-30(26)18-23)14-11-22-9-12-25(32-19-22)21-36-15-5-2-6-16-36/h1,3-4,7-14,17-19,28H,2,5-6,15-16,20-21H2,(H,33,37)(H,34,35)/b14-11+,27-17+. The van der Waals surface area contributed by atoms with Crippen molar-refractivity contribution in [1.82, 2.24) is 25.4 Å². The molecule has 2 aromatic heterocycles. The maximum Gasteiger partial charge on any atom is 0.247 e. The molecule has 2 aromatic carbocycles. The van der Waals surface area contributed by atoms with E-state index < -0.39 is 0 Å². The van der Waals surface area contributed by atoms with Crippen LogP contribution in [0.2, 0.25) is 0 Å². The predicted molar refractivity (Wildman–Crippen MR) is 149 cm³/mol. The van der Waals surface area contributed by atoms with Gasteiger partial charge in [-0.25, -0.2) is 0 Å². The van der Waals surface area contributed by atoms with Gasteiger partial charge in [-0.15, -0.1) is 0 Å². The van der Waals surface area contributed by atoms with Crippen LogP contribution < -0.4 is 5.32 Å². The molecular formula is C31H31N5O. The zero-order valence-corrected chi connectivity index (χ0v) is 20.9. The van der Waals surface area contributed by atoms with Crippen molar-refractivity contribution in [3.8, 4) is 0 Å². The van der Waals surface area contributed by atoms with Crippen molar-refractivity contribution in [3.63, 3.8) is 0 Å². The maximum atomic E-state index is 12.6. The Morgan fingerprint density at radius 2 is 1.78 bits per heavy atom. The summed E-state index contributed by atoms with van der Waals surface area (Å²) in [4.78, 5) is 19.7. The summed E-state index contributed by atoms with van der Waals surface area (Å²) in [6.07, 6.45) is 11.9. The second-order valence-electron chi connectivity index (χ2n) is 9.94. The number of pyridine rings is 1. The number of nitrogens with zero attached hydrogens (tertiary/aromatic N) is 3. The fourth-order valence-electron chi connectivity index (χ4n) is 5.32. The van der Waals surface area contributed by atoms with Gasteiger partial charge in [-0.1, -0.05) is 55.0 Å². The van der Waals surface area contributed by atoms with Crippen molar-refractivity contribution in [2.45, 2.75) is 31.7 Å². The molecule has 2 aliphatic rings. The molecule has 2 fully saturated rings. The van der Waals surface area contributed by atoms with Crippen molar-refractivity contribution in [1.29, 1.82) is 0 Å². The third-order valence-corrected chi connectivity index (χ3v) is 7.36. The smallest absolute Gasteiger partial charge is 0.247 e. The third-order valence-electron chi connectivity index (χ3n) is 7.36. The quantitative estimate of drug-likeness (QED) is 0.355. The number of carbonyl (C=O) groups is 1. The van der Waals surface area contributed by atoms with Crippen molar-refractivity contribution < 1.29 is 4.79 Å². The minimum Gasteiger partial charge on any atom is -0.351 e. The molecule has 4 aromatic rings. The van der Waals surface area contributed by atoms with Crippen LogP contribution in [0.4, 0.5) is 0 Å². The largest absolute Gasteiger partial charge is 0.351 e. The van der Waals surface area contributed by atoms with Gasteiger partial charge in [0.05, 0.1) is 16.9 Å². The lowest BCUT2D eigenvalue weighted by Crippen LogP contribution is -2.29. The van der Waals surface area contributed by atoms with Gasteiger partial charge >= 0.3 is 0 Å². The molecule has 37 heavy (non-hydrogen) atoms. The number of amides is 1. The van der Waals surface area contributed by atoms with E-state index in [-0.39, 0.29) is 11.8 Å². The monoisotopic (exact) mass is 489 g/mol. The molecule has 6 rings (SSSR count). The third kappa shape index (κ3) is 5.25. The first-order valence-corrected chi connectivity index (χ1v) is 13.1. The van der Waals surface area contributed by atoms with Gasteiger partial charge in [0, 0.05) is 36.2 Å². The van der Waals surface area contributed by atoms with Crippen molar-refractivity contribution in [2.24, 2.45) is 0 Å². The fraction of sp³-hybridized carbons (Fsp3) is 0.258. The Labute approximate surface area is 217 Å². The highest BCUT2D eigenvalue weighted by Crippen LogP contribution is 2.30. The van der Waals surface area contributed by atoms with Crippen LogP contribution in [0.15, 0.2) is 72.4 Å². The van der Waals surface area contributed by atoms with Crippen LogP contribution in [0.25, 0.3) is 29.1 Å². The summed E-state index contributed by atoms with van der Waals surface area (Å²) in [5, 5.41) is 11.7. The summed E-state index contributed by atoms with van der Waals surface area (Å²) in [7, 11) is 0. The first-order chi connectivity index (χ1) is 18.2. The van der Waals surface area contributed by atoms with Crippen LogP contribution in [0.5, 0.6) is 0 Å². The Kier molecular flexibility index (Phi) is 6.65. The molecule has 1 atom stereocenters. The summed E-state index contributed by atoms with van der Waals surface area (Å²) < 4.78 is 0. The van der Waals surface area contributed by atoms with E-state index in [2.05, 4.69) is 67.9 Å². The Morgan fingerprint density at radius 1 is 0.946 bits per heavy atom. The lowest BCUT2D eigenvalue weighted by atomic mass is 9.92. The summed E-state index contributed by atoms with van der Waals surface area (Å²) in [5.41, 5.74) is 6.92. The molecule has 0 radical (unpaired) electrons.